The zero-order valence-corrected chi connectivity index (χ0v) is 19.0. The Bertz CT molecular complexity index is 1610. The van der Waals surface area contributed by atoms with Gasteiger partial charge in [0, 0.05) is 42.5 Å². The molecule has 2 amide bonds. The van der Waals surface area contributed by atoms with Gasteiger partial charge < -0.3 is 19.4 Å². The summed E-state index contributed by atoms with van der Waals surface area (Å²) in [5, 5.41) is 14.0. The topological polar surface area (TPSA) is 105 Å². The van der Waals surface area contributed by atoms with Crippen LogP contribution in [-0.4, -0.2) is 38.9 Å². The average molecular weight is 467 g/mol. The molecule has 0 aliphatic carbocycles. The molecule has 4 heterocycles. The van der Waals surface area contributed by atoms with E-state index in [2.05, 4.69) is 5.32 Å². The van der Waals surface area contributed by atoms with Crippen molar-refractivity contribution >= 4 is 34.4 Å². The number of hydrogen-bond acceptors (Lipinski definition) is 5. The van der Waals surface area contributed by atoms with E-state index in [1.54, 1.807) is 30.3 Å². The van der Waals surface area contributed by atoms with Gasteiger partial charge in [-0.3, -0.25) is 14.5 Å². The Kier molecular flexibility index (Phi) is 4.47. The third kappa shape index (κ3) is 3.03. The molecule has 0 radical (unpaired) electrons. The molecule has 2 aromatic heterocycles. The van der Waals surface area contributed by atoms with Gasteiger partial charge in [-0.15, -0.1) is 0 Å². The molecule has 174 valence electrons. The van der Waals surface area contributed by atoms with E-state index in [0.717, 1.165) is 22.2 Å². The molecule has 0 unspecified atom stereocenters. The number of benzene rings is 2. The number of hydrogen-bond donors (Lipinski definition) is 2. The third-order valence-corrected chi connectivity index (χ3v) is 6.76. The number of imide groups is 1. The number of nitrogens with one attached hydrogen (secondary N) is 1. The molecule has 2 aliphatic heterocycles. The fourth-order valence-corrected chi connectivity index (χ4v) is 5.20. The maximum atomic E-state index is 13.5. The number of amides is 2. The summed E-state index contributed by atoms with van der Waals surface area (Å²) in [4.78, 5) is 38.7. The van der Waals surface area contributed by atoms with E-state index in [9.17, 15) is 19.5 Å². The minimum absolute atomic E-state index is 0.128. The van der Waals surface area contributed by atoms with Gasteiger partial charge in [0.25, 0.3) is 5.91 Å². The Morgan fingerprint density at radius 1 is 1.09 bits per heavy atom. The van der Waals surface area contributed by atoms with E-state index in [4.69, 9.17) is 4.42 Å². The first-order chi connectivity index (χ1) is 16.8. The van der Waals surface area contributed by atoms with Crippen LogP contribution in [0.5, 0.6) is 0 Å². The number of aryl methyl sites for hydroxylation is 1. The van der Waals surface area contributed by atoms with Gasteiger partial charge in [0.15, 0.2) is 0 Å². The van der Waals surface area contributed by atoms with Crippen LogP contribution in [0.1, 0.15) is 34.5 Å². The van der Waals surface area contributed by atoms with Crippen LogP contribution in [0.15, 0.2) is 76.5 Å². The Morgan fingerprint density at radius 3 is 2.66 bits per heavy atom. The van der Waals surface area contributed by atoms with Crippen LogP contribution in [0.2, 0.25) is 0 Å². The lowest BCUT2D eigenvalue weighted by Gasteiger charge is -2.17. The molecule has 0 spiro atoms. The highest BCUT2D eigenvalue weighted by atomic mass is 16.4. The van der Waals surface area contributed by atoms with Crippen LogP contribution in [-0.2, 0) is 16.6 Å². The maximum Gasteiger partial charge on any atom is 0.336 e. The largest absolute Gasteiger partial charge is 0.478 e. The Labute approximate surface area is 200 Å². The zero-order valence-electron chi connectivity index (χ0n) is 19.0. The van der Waals surface area contributed by atoms with Crippen molar-refractivity contribution in [2.24, 2.45) is 7.05 Å². The maximum absolute atomic E-state index is 13.5. The highest BCUT2D eigenvalue weighted by Crippen LogP contribution is 2.47. The first-order valence-electron chi connectivity index (χ1n) is 11.2. The molecule has 8 nitrogen and oxygen atoms in total. The lowest BCUT2D eigenvalue weighted by molar-refractivity contribution is -0.139. The molecule has 0 saturated heterocycles. The minimum Gasteiger partial charge on any atom is -0.478 e. The lowest BCUT2D eigenvalue weighted by Crippen LogP contribution is -2.33. The Hall–Kier alpha value is -4.59. The number of rotatable bonds is 3. The fourth-order valence-electron chi connectivity index (χ4n) is 5.20. The smallest absolute Gasteiger partial charge is 0.336 e. The predicted octanol–water partition coefficient (Wildman–Crippen LogP) is 4.34. The van der Waals surface area contributed by atoms with Crippen LogP contribution in [0.3, 0.4) is 0 Å². The van der Waals surface area contributed by atoms with Crippen LogP contribution >= 0.6 is 0 Å². The number of carboxylic acid groups (broad SMARTS) is 1. The second kappa shape index (κ2) is 7.46. The van der Waals surface area contributed by atoms with E-state index in [1.165, 1.54) is 17.9 Å². The number of carbonyl (C=O) groups is 3. The van der Waals surface area contributed by atoms with Gasteiger partial charge in [-0.05, 0) is 35.9 Å². The van der Waals surface area contributed by atoms with Gasteiger partial charge in [0.05, 0.1) is 29.1 Å². The van der Waals surface area contributed by atoms with Gasteiger partial charge in [0.2, 0.25) is 5.91 Å². The van der Waals surface area contributed by atoms with Crippen LogP contribution < -0.4 is 5.32 Å². The second-order valence-electron chi connectivity index (χ2n) is 8.81. The molecule has 8 heteroatoms. The van der Waals surface area contributed by atoms with Crippen molar-refractivity contribution in [3.63, 3.8) is 0 Å². The summed E-state index contributed by atoms with van der Waals surface area (Å²) in [5.41, 5.74) is 4.42. The van der Waals surface area contributed by atoms with Gasteiger partial charge >= 0.3 is 5.97 Å². The van der Waals surface area contributed by atoms with Gasteiger partial charge in [0.1, 0.15) is 11.5 Å². The number of aromatic nitrogens is 1. The van der Waals surface area contributed by atoms with Gasteiger partial charge in [-0.25, -0.2) is 4.79 Å². The van der Waals surface area contributed by atoms with Crippen molar-refractivity contribution in [2.75, 3.05) is 11.9 Å². The van der Waals surface area contributed by atoms with Crippen LogP contribution in [0.25, 0.3) is 22.2 Å². The van der Waals surface area contributed by atoms with Crippen molar-refractivity contribution in [1.82, 2.24) is 9.47 Å². The van der Waals surface area contributed by atoms with Gasteiger partial charge in [-0.2, -0.15) is 0 Å². The molecule has 35 heavy (non-hydrogen) atoms. The molecular formula is C27H21N3O5. The van der Waals surface area contributed by atoms with E-state index in [-0.39, 0.29) is 23.9 Å². The van der Waals surface area contributed by atoms with Crippen molar-refractivity contribution < 1.29 is 23.9 Å². The number of carboxylic acids is 1. The SMILES string of the molecule is CC(=O)N1CC2=C(C1=O)[C@H](c1ccc(-c3ccccc3C(=O)O)o1)c1cn(C)c3cccc(c13)N2. The predicted molar refractivity (Wildman–Crippen MR) is 129 cm³/mol. The van der Waals surface area contributed by atoms with Crippen molar-refractivity contribution in [2.45, 2.75) is 12.8 Å². The van der Waals surface area contributed by atoms with Crippen molar-refractivity contribution in [1.29, 1.82) is 0 Å². The Balaban J connectivity index is 1.58. The molecule has 1 atom stereocenters. The standard InChI is InChI=1S/C27H21N3O5/c1-14(31)30-13-19-25(26(30)32)24(17-12-29(2)20-9-5-8-18(28-19)23(17)20)22-11-10-21(35-22)15-6-3-4-7-16(15)27(33)34/h3-12,24,28H,13H2,1-2H3,(H,33,34)/t24-/m0/s1. The first kappa shape index (κ1) is 21.0. The number of carbonyl (C=O) groups excluding carboxylic acids is 2. The third-order valence-electron chi connectivity index (χ3n) is 6.76. The van der Waals surface area contributed by atoms with E-state index in [1.807, 2.05) is 36.0 Å². The average Bonchev–Trinajstić information content (AvgIpc) is 3.51. The number of aromatic carboxylic acids is 1. The highest BCUT2D eigenvalue weighted by Gasteiger charge is 2.42. The fraction of sp³-hybridized carbons (Fsp3) is 0.148. The van der Waals surface area contributed by atoms with Gasteiger partial charge in [-0.1, -0.05) is 24.3 Å². The second-order valence-corrected chi connectivity index (χ2v) is 8.81. The van der Waals surface area contributed by atoms with Crippen molar-refractivity contribution in [3.8, 4) is 11.3 Å². The molecule has 2 aromatic carbocycles. The summed E-state index contributed by atoms with van der Waals surface area (Å²) >= 11 is 0. The first-order valence-corrected chi connectivity index (χ1v) is 11.2. The van der Waals surface area contributed by atoms with Crippen LogP contribution in [0, 0.1) is 0 Å². The zero-order chi connectivity index (χ0) is 24.4. The molecule has 6 rings (SSSR count). The molecule has 0 bridgehead atoms. The monoisotopic (exact) mass is 467 g/mol. The molecule has 0 fully saturated rings. The number of nitrogens with zero attached hydrogens (tertiary/aromatic N) is 2. The van der Waals surface area contributed by atoms with Crippen LogP contribution in [0.4, 0.5) is 5.69 Å². The summed E-state index contributed by atoms with van der Waals surface area (Å²) in [5.74, 6) is -1.43. The van der Waals surface area contributed by atoms with E-state index in [0.29, 0.717) is 28.4 Å². The summed E-state index contributed by atoms with van der Waals surface area (Å²) < 4.78 is 8.27. The Morgan fingerprint density at radius 2 is 1.89 bits per heavy atom. The molecule has 0 saturated carbocycles. The van der Waals surface area contributed by atoms with E-state index < -0.39 is 11.9 Å². The van der Waals surface area contributed by atoms with Crippen molar-refractivity contribution in [3.05, 3.63) is 89.0 Å². The number of furan rings is 1. The van der Waals surface area contributed by atoms with E-state index >= 15 is 0 Å². The summed E-state index contributed by atoms with van der Waals surface area (Å²) in [7, 11) is 1.94. The lowest BCUT2D eigenvalue weighted by atomic mass is 9.88. The summed E-state index contributed by atoms with van der Waals surface area (Å²) in [6.45, 7) is 1.53. The molecule has 4 aromatic rings. The molecule has 2 N–H and O–H groups in total. The quantitative estimate of drug-likeness (QED) is 0.465. The normalized spacial score (nSPS) is 16.9. The number of anilines is 1. The summed E-state index contributed by atoms with van der Waals surface area (Å²) in [6, 6.07) is 16.1. The minimum atomic E-state index is -1.05. The molecule has 2 aliphatic rings. The molecular weight excluding hydrogens is 446 g/mol. The highest BCUT2D eigenvalue weighted by molar-refractivity contribution is 6.11. The summed E-state index contributed by atoms with van der Waals surface area (Å²) in [6.07, 6.45) is 1.98.